The summed E-state index contributed by atoms with van der Waals surface area (Å²) >= 11 is 0. The molecule has 0 atom stereocenters. The van der Waals surface area contributed by atoms with E-state index in [4.69, 9.17) is 5.11 Å². The molecule has 0 saturated heterocycles. The van der Waals surface area contributed by atoms with Crippen LogP contribution in [0.4, 0.5) is 5.69 Å². The van der Waals surface area contributed by atoms with Gasteiger partial charge in [0.05, 0.1) is 4.90 Å². The van der Waals surface area contributed by atoms with Crippen molar-refractivity contribution in [1.29, 1.82) is 0 Å². The molecular formula is C17H19NO5S. The van der Waals surface area contributed by atoms with Gasteiger partial charge in [-0.05, 0) is 68.1 Å². The molecule has 128 valence electrons. The summed E-state index contributed by atoms with van der Waals surface area (Å²) in [7, 11) is -3.90. The third kappa shape index (κ3) is 3.21. The maximum absolute atomic E-state index is 12.8. The van der Waals surface area contributed by atoms with Gasteiger partial charge >= 0.3 is 5.97 Å². The minimum absolute atomic E-state index is 0.0724. The number of benzene rings is 2. The van der Waals surface area contributed by atoms with Gasteiger partial charge in [0.1, 0.15) is 11.3 Å². The monoisotopic (exact) mass is 349 g/mol. The van der Waals surface area contributed by atoms with E-state index >= 15 is 0 Å². The fraction of sp³-hybridized carbons (Fsp3) is 0.235. The number of carbonyl (C=O) groups is 1. The molecule has 0 unspecified atom stereocenters. The number of carboxylic acids is 1. The first kappa shape index (κ1) is 17.8. The van der Waals surface area contributed by atoms with Crippen molar-refractivity contribution in [3.05, 3.63) is 52.1 Å². The number of hydrogen-bond acceptors (Lipinski definition) is 4. The summed E-state index contributed by atoms with van der Waals surface area (Å²) in [4.78, 5) is 11.3. The van der Waals surface area contributed by atoms with Gasteiger partial charge in [-0.25, -0.2) is 13.2 Å². The van der Waals surface area contributed by atoms with Crippen LogP contribution in [0.25, 0.3) is 0 Å². The van der Waals surface area contributed by atoms with Crippen LogP contribution in [0.15, 0.2) is 29.2 Å². The van der Waals surface area contributed by atoms with Crippen LogP contribution < -0.4 is 4.72 Å². The first-order valence-corrected chi connectivity index (χ1v) is 8.69. The zero-order valence-electron chi connectivity index (χ0n) is 13.8. The van der Waals surface area contributed by atoms with E-state index in [0.29, 0.717) is 11.1 Å². The highest BCUT2D eigenvalue weighted by atomic mass is 32.2. The lowest BCUT2D eigenvalue weighted by molar-refractivity contribution is 0.0693. The molecule has 0 aliphatic heterocycles. The minimum Gasteiger partial charge on any atom is -0.507 e. The van der Waals surface area contributed by atoms with Crippen molar-refractivity contribution >= 4 is 21.7 Å². The summed E-state index contributed by atoms with van der Waals surface area (Å²) in [6.07, 6.45) is 0. The number of sulfonamides is 1. The molecule has 2 aromatic carbocycles. The van der Waals surface area contributed by atoms with Gasteiger partial charge in [0.15, 0.2) is 0 Å². The molecule has 2 rings (SSSR count). The van der Waals surface area contributed by atoms with Crippen molar-refractivity contribution in [2.45, 2.75) is 32.6 Å². The molecule has 3 N–H and O–H groups in total. The Bertz CT molecular complexity index is 906. The number of anilines is 1. The van der Waals surface area contributed by atoms with E-state index in [9.17, 15) is 18.3 Å². The van der Waals surface area contributed by atoms with Gasteiger partial charge in [-0.15, -0.1) is 0 Å². The van der Waals surface area contributed by atoms with E-state index in [1.807, 2.05) is 19.9 Å². The highest BCUT2D eigenvalue weighted by molar-refractivity contribution is 7.92. The lowest BCUT2D eigenvalue weighted by atomic mass is 10.0. The van der Waals surface area contributed by atoms with E-state index in [1.54, 1.807) is 13.8 Å². The molecule has 24 heavy (non-hydrogen) atoms. The van der Waals surface area contributed by atoms with E-state index in [0.717, 1.165) is 23.3 Å². The van der Waals surface area contributed by atoms with Gasteiger partial charge in [0.2, 0.25) is 0 Å². The first-order valence-electron chi connectivity index (χ1n) is 7.21. The lowest BCUT2D eigenvalue weighted by Crippen LogP contribution is -2.17. The second kappa shape index (κ2) is 6.16. The number of hydrogen-bond donors (Lipinski definition) is 3. The van der Waals surface area contributed by atoms with Crippen molar-refractivity contribution in [1.82, 2.24) is 0 Å². The molecule has 0 bridgehead atoms. The van der Waals surface area contributed by atoms with Crippen LogP contribution in [0.5, 0.6) is 5.75 Å². The van der Waals surface area contributed by atoms with Crippen LogP contribution >= 0.6 is 0 Å². The first-order chi connectivity index (χ1) is 11.0. The van der Waals surface area contributed by atoms with Crippen LogP contribution in [0, 0.1) is 27.7 Å². The van der Waals surface area contributed by atoms with Crippen molar-refractivity contribution in [3.8, 4) is 5.75 Å². The molecule has 0 heterocycles. The highest BCUT2D eigenvalue weighted by Crippen LogP contribution is 2.29. The molecule has 2 aromatic rings. The lowest BCUT2D eigenvalue weighted by Gasteiger charge is -2.17. The van der Waals surface area contributed by atoms with Gasteiger partial charge in [0, 0.05) is 5.69 Å². The van der Waals surface area contributed by atoms with Gasteiger partial charge in [-0.3, -0.25) is 4.72 Å². The summed E-state index contributed by atoms with van der Waals surface area (Å²) in [6.45, 7) is 7.14. The zero-order valence-corrected chi connectivity index (χ0v) is 14.7. The standard InChI is InChI=1S/C17H19NO5S/c1-9-7-10(2)12(4)16(11(9)3)24(22,23)18-13-5-6-15(19)14(8-13)17(20)21/h5-8,18-19H,1-4H3,(H,20,21). The molecule has 0 spiro atoms. The highest BCUT2D eigenvalue weighted by Gasteiger charge is 2.23. The Morgan fingerprint density at radius 1 is 1.00 bits per heavy atom. The van der Waals surface area contributed by atoms with Crippen LogP contribution in [0.1, 0.15) is 32.6 Å². The molecule has 0 aromatic heterocycles. The Labute approximate surface area is 140 Å². The number of aryl methyl sites for hydroxylation is 2. The Morgan fingerprint density at radius 2 is 1.54 bits per heavy atom. The van der Waals surface area contributed by atoms with Gasteiger partial charge in [-0.1, -0.05) is 6.07 Å². The fourth-order valence-electron chi connectivity index (χ4n) is 2.56. The minimum atomic E-state index is -3.90. The SMILES string of the molecule is Cc1cc(C)c(C)c(S(=O)(=O)Nc2ccc(O)c(C(=O)O)c2)c1C. The largest absolute Gasteiger partial charge is 0.507 e. The number of aromatic carboxylic acids is 1. The van der Waals surface area contributed by atoms with Crippen LogP contribution in [-0.4, -0.2) is 24.6 Å². The van der Waals surface area contributed by atoms with Gasteiger partial charge < -0.3 is 10.2 Å². The smallest absolute Gasteiger partial charge is 0.339 e. The van der Waals surface area contributed by atoms with Crippen molar-refractivity contribution < 1.29 is 23.4 Å². The van der Waals surface area contributed by atoms with E-state index in [2.05, 4.69) is 4.72 Å². The topological polar surface area (TPSA) is 104 Å². The quantitative estimate of drug-likeness (QED) is 0.736. The molecule has 0 saturated carbocycles. The molecule has 0 radical (unpaired) electrons. The van der Waals surface area contributed by atoms with E-state index in [1.165, 1.54) is 6.07 Å². The van der Waals surface area contributed by atoms with Gasteiger partial charge in [-0.2, -0.15) is 0 Å². The van der Waals surface area contributed by atoms with Crippen LogP contribution in [0.2, 0.25) is 0 Å². The average molecular weight is 349 g/mol. The maximum atomic E-state index is 12.8. The Morgan fingerprint density at radius 3 is 2.04 bits per heavy atom. The molecule has 6 nitrogen and oxygen atoms in total. The number of carboxylic acid groups (broad SMARTS) is 1. The second-order valence-corrected chi connectivity index (χ2v) is 7.35. The summed E-state index contributed by atoms with van der Waals surface area (Å²) in [6, 6.07) is 5.46. The number of phenols is 1. The van der Waals surface area contributed by atoms with Crippen molar-refractivity contribution in [3.63, 3.8) is 0 Å². The zero-order chi connectivity index (χ0) is 18.2. The second-order valence-electron chi connectivity index (χ2n) is 5.73. The third-order valence-electron chi connectivity index (χ3n) is 4.05. The molecular weight excluding hydrogens is 330 g/mol. The average Bonchev–Trinajstić information content (AvgIpc) is 2.46. The molecule has 0 aliphatic carbocycles. The fourth-order valence-corrected chi connectivity index (χ4v) is 4.23. The summed E-state index contributed by atoms with van der Waals surface area (Å²) in [5.41, 5.74) is 2.70. The number of rotatable bonds is 4. The summed E-state index contributed by atoms with van der Waals surface area (Å²) in [5, 5.41) is 18.6. The predicted molar refractivity (Wildman–Crippen MR) is 91.3 cm³/mol. The third-order valence-corrected chi connectivity index (χ3v) is 5.70. The summed E-state index contributed by atoms with van der Waals surface area (Å²) < 4.78 is 28.0. The molecule has 0 fully saturated rings. The normalized spacial score (nSPS) is 11.3. The molecule has 7 heteroatoms. The Kier molecular flexibility index (Phi) is 4.57. The Hall–Kier alpha value is -2.54. The van der Waals surface area contributed by atoms with Crippen LogP contribution in [-0.2, 0) is 10.0 Å². The number of aromatic hydroxyl groups is 1. The van der Waals surface area contributed by atoms with Gasteiger partial charge in [0.25, 0.3) is 10.0 Å². The van der Waals surface area contributed by atoms with Crippen molar-refractivity contribution in [2.75, 3.05) is 4.72 Å². The van der Waals surface area contributed by atoms with E-state index < -0.39 is 21.7 Å². The summed E-state index contributed by atoms with van der Waals surface area (Å²) in [5.74, 6) is -1.77. The predicted octanol–water partition coefficient (Wildman–Crippen LogP) is 3.12. The van der Waals surface area contributed by atoms with E-state index in [-0.39, 0.29) is 16.1 Å². The van der Waals surface area contributed by atoms with Crippen LogP contribution in [0.3, 0.4) is 0 Å². The van der Waals surface area contributed by atoms with Crippen molar-refractivity contribution in [2.24, 2.45) is 0 Å². The Balaban J connectivity index is 2.55. The molecule has 0 amide bonds. The number of nitrogens with one attached hydrogen (secondary N) is 1. The maximum Gasteiger partial charge on any atom is 0.339 e. The molecule has 0 aliphatic rings.